The number of hydrogen-bond donors (Lipinski definition) is 2. The zero-order valence-corrected chi connectivity index (χ0v) is 11.1. The van der Waals surface area contributed by atoms with E-state index in [9.17, 15) is 14.6 Å². The van der Waals surface area contributed by atoms with E-state index in [1.165, 1.54) is 31.5 Å². The van der Waals surface area contributed by atoms with Gasteiger partial charge in [-0.05, 0) is 18.9 Å². The van der Waals surface area contributed by atoms with E-state index in [1.54, 1.807) is 0 Å². The molecule has 1 heterocycles. The molecule has 1 aromatic rings. The first-order valence-electron chi connectivity index (χ1n) is 6.89. The van der Waals surface area contributed by atoms with E-state index in [0.717, 1.165) is 12.8 Å². The quantitative estimate of drug-likeness (QED) is 0.855. The second-order valence-corrected chi connectivity index (χ2v) is 5.00. The van der Waals surface area contributed by atoms with Crippen molar-refractivity contribution in [3.8, 4) is 0 Å². The summed E-state index contributed by atoms with van der Waals surface area (Å²) in [5.41, 5.74) is 0.485. The average Bonchev–Trinajstić information content (AvgIpc) is 2.46. The molecule has 0 atom stereocenters. The van der Waals surface area contributed by atoms with Crippen LogP contribution in [0.25, 0.3) is 0 Å². The van der Waals surface area contributed by atoms with Crippen LogP contribution in [0.15, 0.2) is 12.3 Å². The van der Waals surface area contributed by atoms with Gasteiger partial charge in [0.25, 0.3) is 0 Å². The van der Waals surface area contributed by atoms with Crippen LogP contribution in [0.5, 0.6) is 0 Å². The van der Waals surface area contributed by atoms with E-state index in [0.29, 0.717) is 24.0 Å². The van der Waals surface area contributed by atoms with E-state index in [4.69, 9.17) is 0 Å². The molecule has 0 aromatic carbocycles. The fourth-order valence-corrected chi connectivity index (χ4v) is 2.81. The van der Waals surface area contributed by atoms with E-state index in [-0.39, 0.29) is 13.2 Å². The Morgan fingerprint density at radius 3 is 2.63 bits per heavy atom. The fourth-order valence-electron chi connectivity index (χ4n) is 2.81. The van der Waals surface area contributed by atoms with E-state index in [1.807, 2.05) is 4.90 Å². The van der Waals surface area contributed by atoms with Gasteiger partial charge >= 0.3 is 0 Å². The SMILES string of the molecule is OCCN(c1ncc(F)cc1CO)C1CCCCC1. The van der Waals surface area contributed by atoms with Gasteiger partial charge in [0, 0.05) is 18.2 Å². The van der Waals surface area contributed by atoms with Crippen LogP contribution in [-0.2, 0) is 6.61 Å². The third-order valence-electron chi connectivity index (χ3n) is 3.71. The van der Waals surface area contributed by atoms with Crippen LogP contribution in [0, 0.1) is 5.82 Å². The Bertz CT molecular complexity index is 408. The average molecular weight is 268 g/mol. The van der Waals surface area contributed by atoms with Gasteiger partial charge in [-0.1, -0.05) is 19.3 Å². The first kappa shape index (κ1) is 14.2. The molecule has 106 valence electrons. The second-order valence-electron chi connectivity index (χ2n) is 5.00. The number of aromatic nitrogens is 1. The number of nitrogens with zero attached hydrogens (tertiary/aromatic N) is 2. The molecule has 0 bridgehead atoms. The standard InChI is InChI=1S/C14H21FN2O2/c15-12-8-11(10-19)14(16-9-12)17(6-7-18)13-4-2-1-3-5-13/h8-9,13,18-19H,1-7,10H2. The van der Waals surface area contributed by atoms with Crippen LogP contribution in [-0.4, -0.2) is 34.4 Å². The van der Waals surface area contributed by atoms with Crippen molar-refractivity contribution in [2.75, 3.05) is 18.1 Å². The molecule has 0 unspecified atom stereocenters. The van der Waals surface area contributed by atoms with Crippen molar-refractivity contribution < 1.29 is 14.6 Å². The molecule has 0 spiro atoms. The molecular weight excluding hydrogens is 247 g/mol. The number of halogens is 1. The van der Waals surface area contributed by atoms with Gasteiger partial charge in [-0.3, -0.25) is 0 Å². The van der Waals surface area contributed by atoms with Crippen molar-refractivity contribution in [1.29, 1.82) is 0 Å². The van der Waals surface area contributed by atoms with Gasteiger partial charge in [-0.25, -0.2) is 9.37 Å². The summed E-state index contributed by atoms with van der Waals surface area (Å²) >= 11 is 0. The van der Waals surface area contributed by atoms with Crippen LogP contribution < -0.4 is 4.90 Å². The smallest absolute Gasteiger partial charge is 0.142 e. The molecule has 2 N–H and O–H groups in total. The monoisotopic (exact) mass is 268 g/mol. The largest absolute Gasteiger partial charge is 0.395 e. The van der Waals surface area contributed by atoms with E-state index >= 15 is 0 Å². The first-order valence-corrected chi connectivity index (χ1v) is 6.89. The molecule has 1 aliphatic rings. The maximum absolute atomic E-state index is 13.2. The van der Waals surface area contributed by atoms with Gasteiger partial charge < -0.3 is 15.1 Å². The van der Waals surface area contributed by atoms with Crippen LogP contribution >= 0.6 is 0 Å². The summed E-state index contributed by atoms with van der Waals surface area (Å²) in [6.07, 6.45) is 6.87. The highest BCUT2D eigenvalue weighted by molar-refractivity contribution is 5.47. The third kappa shape index (κ3) is 3.42. The lowest BCUT2D eigenvalue weighted by Gasteiger charge is -2.35. The Labute approximate surface area is 112 Å². The van der Waals surface area contributed by atoms with Crippen molar-refractivity contribution in [3.05, 3.63) is 23.6 Å². The third-order valence-corrected chi connectivity index (χ3v) is 3.71. The number of aliphatic hydroxyl groups excluding tert-OH is 2. The van der Waals surface area contributed by atoms with Gasteiger partial charge in [-0.15, -0.1) is 0 Å². The van der Waals surface area contributed by atoms with Crippen molar-refractivity contribution in [2.24, 2.45) is 0 Å². The zero-order valence-electron chi connectivity index (χ0n) is 11.1. The van der Waals surface area contributed by atoms with Crippen LogP contribution in [0.1, 0.15) is 37.7 Å². The molecule has 1 aromatic heterocycles. The molecule has 0 saturated heterocycles. The molecule has 1 fully saturated rings. The molecule has 4 nitrogen and oxygen atoms in total. The Hall–Kier alpha value is -1.20. The van der Waals surface area contributed by atoms with E-state index < -0.39 is 5.82 Å². The predicted molar refractivity (Wildman–Crippen MR) is 71.4 cm³/mol. The maximum Gasteiger partial charge on any atom is 0.142 e. The summed E-state index contributed by atoms with van der Waals surface area (Å²) in [5, 5.41) is 18.6. The Balaban J connectivity index is 2.26. The van der Waals surface area contributed by atoms with Gasteiger partial charge in [-0.2, -0.15) is 0 Å². The minimum atomic E-state index is -0.444. The zero-order chi connectivity index (χ0) is 13.7. The molecule has 5 heteroatoms. The second kappa shape index (κ2) is 6.82. The predicted octanol–water partition coefficient (Wildman–Crippen LogP) is 1.84. The lowest BCUT2D eigenvalue weighted by molar-refractivity contribution is 0.275. The molecule has 0 amide bonds. The summed E-state index contributed by atoms with van der Waals surface area (Å²) in [6.45, 7) is 0.255. The number of aliphatic hydroxyl groups is 2. The topological polar surface area (TPSA) is 56.6 Å². The molecule has 1 saturated carbocycles. The highest BCUT2D eigenvalue weighted by Crippen LogP contribution is 2.28. The molecule has 2 rings (SSSR count). The molecule has 0 aliphatic heterocycles. The van der Waals surface area contributed by atoms with Crippen molar-refractivity contribution in [2.45, 2.75) is 44.8 Å². The summed E-state index contributed by atoms with van der Waals surface area (Å²) in [7, 11) is 0. The van der Waals surface area contributed by atoms with Gasteiger partial charge in [0.2, 0.25) is 0 Å². The highest BCUT2D eigenvalue weighted by Gasteiger charge is 2.24. The normalized spacial score (nSPS) is 16.6. The van der Waals surface area contributed by atoms with Crippen molar-refractivity contribution >= 4 is 5.82 Å². The van der Waals surface area contributed by atoms with Crippen molar-refractivity contribution in [3.63, 3.8) is 0 Å². The molecule has 1 aliphatic carbocycles. The summed E-state index contributed by atoms with van der Waals surface area (Å²) in [4.78, 5) is 6.14. The van der Waals surface area contributed by atoms with Crippen molar-refractivity contribution in [1.82, 2.24) is 4.98 Å². The molecule has 19 heavy (non-hydrogen) atoms. The van der Waals surface area contributed by atoms with E-state index in [2.05, 4.69) is 4.98 Å². The van der Waals surface area contributed by atoms with Crippen LogP contribution in [0.4, 0.5) is 10.2 Å². The summed E-state index contributed by atoms with van der Waals surface area (Å²) < 4.78 is 13.2. The lowest BCUT2D eigenvalue weighted by Crippen LogP contribution is -2.40. The first-order chi connectivity index (χ1) is 9.26. The fraction of sp³-hybridized carbons (Fsp3) is 0.643. The number of pyridine rings is 1. The highest BCUT2D eigenvalue weighted by atomic mass is 19.1. The minimum Gasteiger partial charge on any atom is -0.395 e. The lowest BCUT2D eigenvalue weighted by atomic mass is 9.94. The number of hydrogen-bond acceptors (Lipinski definition) is 4. The maximum atomic E-state index is 13.2. The Kier molecular flexibility index (Phi) is 5.10. The van der Waals surface area contributed by atoms with Gasteiger partial charge in [0.1, 0.15) is 11.6 Å². The summed E-state index contributed by atoms with van der Waals surface area (Å²) in [6, 6.07) is 1.64. The number of anilines is 1. The molecule has 0 radical (unpaired) electrons. The van der Waals surface area contributed by atoms with Crippen LogP contribution in [0.2, 0.25) is 0 Å². The Morgan fingerprint density at radius 2 is 2.00 bits per heavy atom. The van der Waals surface area contributed by atoms with Crippen LogP contribution in [0.3, 0.4) is 0 Å². The Morgan fingerprint density at radius 1 is 1.26 bits per heavy atom. The number of rotatable bonds is 5. The molecular formula is C14H21FN2O2. The minimum absolute atomic E-state index is 0.0282. The van der Waals surface area contributed by atoms with Gasteiger partial charge in [0.15, 0.2) is 0 Å². The summed E-state index contributed by atoms with van der Waals surface area (Å²) in [5.74, 6) is 0.158. The van der Waals surface area contributed by atoms with Gasteiger partial charge in [0.05, 0.1) is 19.4 Å².